The molecule has 4 heteroatoms. The van der Waals surface area contributed by atoms with Crippen LogP contribution in [0, 0.1) is 12.8 Å². The second-order valence-corrected chi connectivity index (χ2v) is 5.56. The van der Waals surface area contributed by atoms with Crippen LogP contribution in [-0.4, -0.2) is 27.1 Å². The summed E-state index contributed by atoms with van der Waals surface area (Å²) in [5, 5.41) is 4.17. The molecule has 2 aromatic rings. The maximum absolute atomic E-state index is 12.7. The third-order valence-corrected chi connectivity index (χ3v) is 3.73. The van der Waals surface area contributed by atoms with Crippen LogP contribution < -0.4 is 0 Å². The van der Waals surface area contributed by atoms with Crippen LogP contribution in [0.4, 0.5) is 0 Å². The van der Waals surface area contributed by atoms with Crippen LogP contribution in [-0.2, 0) is 17.9 Å². The van der Waals surface area contributed by atoms with Gasteiger partial charge in [0.05, 0.1) is 12.5 Å². The molecule has 0 radical (unpaired) electrons. The van der Waals surface area contributed by atoms with E-state index < -0.39 is 0 Å². The van der Waals surface area contributed by atoms with E-state index in [9.17, 15) is 4.79 Å². The molecule has 0 saturated carbocycles. The van der Waals surface area contributed by atoms with E-state index in [-0.39, 0.29) is 11.8 Å². The predicted molar refractivity (Wildman–Crippen MR) is 88.2 cm³/mol. The van der Waals surface area contributed by atoms with Crippen molar-refractivity contribution in [1.82, 2.24) is 14.7 Å². The van der Waals surface area contributed by atoms with E-state index in [1.807, 2.05) is 36.2 Å². The smallest absolute Gasteiger partial charge is 0.227 e. The monoisotopic (exact) mass is 297 g/mol. The fourth-order valence-electron chi connectivity index (χ4n) is 2.46. The van der Waals surface area contributed by atoms with Crippen LogP contribution in [0.25, 0.3) is 0 Å². The Bertz CT molecular complexity index is 619. The number of hydrogen-bond donors (Lipinski definition) is 0. The third kappa shape index (κ3) is 4.07. The molecule has 1 atom stereocenters. The summed E-state index contributed by atoms with van der Waals surface area (Å²) in [4.78, 5) is 14.6. The first-order valence-corrected chi connectivity index (χ1v) is 7.53. The molecule has 0 fully saturated rings. The molecule has 1 aromatic carbocycles. The van der Waals surface area contributed by atoms with E-state index in [2.05, 4.69) is 30.7 Å². The SMILES string of the molecule is C=CCN(Cc1ccccc1C)C(=O)[C@H](C)Cn1cccn1. The molecular formula is C18H23N3O. The number of rotatable bonds is 7. The van der Waals surface area contributed by atoms with E-state index in [4.69, 9.17) is 0 Å². The number of benzene rings is 1. The summed E-state index contributed by atoms with van der Waals surface area (Å²) >= 11 is 0. The molecule has 1 amide bonds. The van der Waals surface area contributed by atoms with Gasteiger partial charge in [-0.15, -0.1) is 6.58 Å². The minimum Gasteiger partial charge on any atom is -0.334 e. The van der Waals surface area contributed by atoms with Crippen LogP contribution in [0.1, 0.15) is 18.1 Å². The van der Waals surface area contributed by atoms with Gasteiger partial charge in [-0.05, 0) is 24.1 Å². The first-order chi connectivity index (χ1) is 10.6. The normalized spacial score (nSPS) is 11.9. The second-order valence-electron chi connectivity index (χ2n) is 5.56. The Hall–Kier alpha value is -2.36. The molecule has 0 aliphatic rings. The molecule has 0 saturated heterocycles. The van der Waals surface area contributed by atoms with Crippen molar-refractivity contribution in [2.75, 3.05) is 6.54 Å². The summed E-state index contributed by atoms with van der Waals surface area (Å²) in [6, 6.07) is 10.0. The lowest BCUT2D eigenvalue weighted by atomic mass is 10.1. The third-order valence-electron chi connectivity index (χ3n) is 3.73. The molecule has 0 bridgehead atoms. The van der Waals surface area contributed by atoms with Crippen LogP contribution >= 0.6 is 0 Å². The van der Waals surface area contributed by atoms with Crippen molar-refractivity contribution < 1.29 is 4.79 Å². The number of aryl methyl sites for hydroxylation is 1. The number of amides is 1. The van der Waals surface area contributed by atoms with Gasteiger partial charge in [-0.2, -0.15) is 5.10 Å². The summed E-state index contributed by atoms with van der Waals surface area (Å²) in [5.74, 6) is 0.00233. The molecule has 2 rings (SSSR count). The standard InChI is InChI=1S/C18H23N3O/c1-4-11-20(14-17-9-6-5-8-15(17)2)18(22)16(3)13-21-12-7-10-19-21/h4-10,12,16H,1,11,13-14H2,2-3H3/t16-/m1/s1. The summed E-state index contributed by atoms with van der Waals surface area (Å²) in [7, 11) is 0. The average Bonchev–Trinajstić information content (AvgIpc) is 3.01. The Labute approximate surface area is 132 Å². The highest BCUT2D eigenvalue weighted by Crippen LogP contribution is 2.14. The van der Waals surface area contributed by atoms with E-state index in [1.165, 1.54) is 11.1 Å². The summed E-state index contributed by atoms with van der Waals surface area (Å²) in [6.07, 6.45) is 5.38. The lowest BCUT2D eigenvalue weighted by molar-refractivity contribution is -0.135. The highest BCUT2D eigenvalue weighted by molar-refractivity contribution is 5.78. The fourth-order valence-corrected chi connectivity index (χ4v) is 2.46. The Morgan fingerprint density at radius 1 is 1.41 bits per heavy atom. The predicted octanol–water partition coefficient (Wildman–Crippen LogP) is 3.04. The molecule has 0 spiro atoms. The van der Waals surface area contributed by atoms with E-state index in [0.29, 0.717) is 19.6 Å². The van der Waals surface area contributed by atoms with Gasteiger partial charge in [0.25, 0.3) is 0 Å². The largest absolute Gasteiger partial charge is 0.334 e. The first-order valence-electron chi connectivity index (χ1n) is 7.53. The zero-order valence-electron chi connectivity index (χ0n) is 13.3. The van der Waals surface area contributed by atoms with E-state index in [0.717, 1.165) is 0 Å². The van der Waals surface area contributed by atoms with Crippen molar-refractivity contribution in [2.45, 2.75) is 26.9 Å². The second kappa shape index (κ2) is 7.59. The molecular weight excluding hydrogens is 274 g/mol. The number of hydrogen-bond acceptors (Lipinski definition) is 2. The van der Waals surface area contributed by atoms with Gasteiger partial charge in [0, 0.05) is 25.5 Å². The van der Waals surface area contributed by atoms with Gasteiger partial charge in [0.15, 0.2) is 0 Å². The fraction of sp³-hybridized carbons (Fsp3) is 0.333. The van der Waals surface area contributed by atoms with Crippen LogP contribution in [0.15, 0.2) is 55.4 Å². The Kier molecular flexibility index (Phi) is 5.53. The molecule has 0 unspecified atom stereocenters. The lowest BCUT2D eigenvalue weighted by Gasteiger charge is -2.25. The van der Waals surface area contributed by atoms with E-state index >= 15 is 0 Å². The van der Waals surface area contributed by atoms with Gasteiger partial charge in [0.1, 0.15) is 0 Å². The molecule has 116 valence electrons. The quantitative estimate of drug-likeness (QED) is 0.737. The van der Waals surface area contributed by atoms with Crippen molar-refractivity contribution in [2.24, 2.45) is 5.92 Å². The van der Waals surface area contributed by atoms with Crippen molar-refractivity contribution in [3.63, 3.8) is 0 Å². The van der Waals surface area contributed by atoms with Crippen LogP contribution in [0.5, 0.6) is 0 Å². The molecule has 0 N–H and O–H groups in total. The minimum absolute atomic E-state index is 0.121. The Morgan fingerprint density at radius 3 is 2.82 bits per heavy atom. The lowest BCUT2D eigenvalue weighted by Crippen LogP contribution is -2.36. The molecule has 0 aliphatic heterocycles. The first kappa shape index (κ1) is 16.0. The number of nitrogens with zero attached hydrogens (tertiary/aromatic N) is 3. The van der Waals surface area contributed by atoms with Gasteiger partial charge in [-0.25, -0.2) is 0 Å². The van der Waals surface area contributed by atoms with Crippen LogP contribution in [0.2, 0.25) is 0 Å². The number of carbonyl (C=O) groups excluding carboxylic acids is 1. The van der Waals surface area contributed by atoms with Gasteiger partial charge in [-0.3, -0.25) is 9.48 Å². The molecule has 1 heterocycles. The summed E-state index contributed by atoms with van der Waals surface area (Å²) < 4.78 is 1.79. The Balaban J connectivity index is 2.07. The van der Waals surface area contributed by atoms with Gasteiger partial charge in [-0.1, -0.05) is 37.3 Å². The molecule has 1 aromatic heterocycles. The van der Waals surface area contributed by atoms with Crippen molar-refractivity contribution in [1.29, 1.82) is 0 Å². The van der Waals surface area contributed by atoms with Gasteiger partial charge < -0.3 is 4.90 Å². The average molecular weight is 297 g/mol. The highest BCUT2D eigenvalue weighted by Gasteiger charge is 2.20. The van der Waals surface area contributed by atoms with Gasteiger partial charge >= 0.3 is 0 Å². The van der Waals surface area contributed by atoms with Crippen molar-refractivity contribution in [3.05, 3.63) is 66.5 Å². The maximum Gasteiger partial charge on any atom is 0.227 e. The van der Waals surface area contributed by atoms with Gasteiger partial charge in [0.2, 0.25) is 5.91 Å². The minimum atomic E-state index is -0.121. The maximum atomic E-state index is 12.7. The van der Waals surface area contributed by atoms with E-state index in [1.54, 1.807) is 17.0 Å². The summed E-state index contributed by atoms with van der Waals surface area (Å²) in [5.41, 5.74) is 2.37. The number of aromatic nitrogens is 2. The molecule has 4 nitrogen and oxygen atoms in total. The zero-order valence-corrected chi connectivity index (χ0v) is 13.3. The topological polar surface area (TPSA) is 38.1 Å². The van der Waals surface area contributed by atoms with Crippen molar-refractivity contribution >= 4 is 5.91 Å². The molecule has 22 heavy (non-hydrogen) atoms. The number of carbonyl (C=O) groups is 1. The molecule has 0 aliphatic carbocycles. The zero-order chi connectivity index (χ0) is 15.9. The van der Waals surface area contributed by atoms with Crippen molar-refractivity contribution in [3.8, 4) is 0 Å². The Morgan fingerprint density at radius 2 is 2.18 bits per heavy atom. The van der Waals surface area contributed by atoms with Crippen LogP contribution in [0.3, 0.4) is 0 Å². The summed E-state index contributed by atoms with van der Waals surface area (Å²) in [6.45, 7) is 9.54. The highest BCUT2D eigenvalue weighted by atomic mass is 16.2.